The number of amides is 1. The van der Waals surface area contributed by atoms with Crippen molar-refractivity contribution in [1.29, 1.82) is 0 Å². The highest BCUT2D eigenvalue weighted by Crippen LogP contribution is 2.51. The van der Waals surface area contributed by atoms with Gasteiger partial charge in [-0.3, -0.25) is 0 Å². The van der Waals surface area contributed by atoms with Crippen LogP contribution < -0.4 is 5.32 Å². The fourth-order valence-corrected chi connectivity index (χ4v) is 4.19. The minimum atomic E-state index is -0.580. The van der Waals surface area contributed by atoms with Crippen molar-refractivity contribution in [1.82, 2.24) is 10.2 Å². The van der Waals surface area contributed by atoms with E-state index in [9.17, 15) is 9.90 Å². The van der Waals surface area contributed by atoms with Crippen LogP contribution in [0.4, 0.5) is 4.79 Å². The van der Waals surface area contributed by atoms with Crippen molar-refractivity contribution in [3.05, 3.63) is 0 Å². The lowest BCUT2D eigenvalue weighted by Gasteiger charge is -2.60. The molecule has 1 saturated carbocycles. The van der Waals surface area contributed by atoms with Crippen LogP contribution in [-0.2, 0) is 9.47 Å². The number of carbonyl (C=O) groups is 1. The summed E-state index contributed by atoms with van der Waals surface area (Å²) < 4.78 is 11.4. The van der Waals surface area contributed by atoms with Crippen LogP contribution >= 0.6 is 0 Å². The summed E-state index contributed by atoms with van der Waals surface area (Å²) in [5.41, 5.74) is -0.420. The van der Waals surface area contributed by atoms with Crippen LogP contribution in [0.15, 0.2) is 0 Å². The Morgan fingerprint density at radius 3 is 2.72 bits per heavy atom. The van der Waals surface area contributed by atoms with E-state index in [0.717, 1.165) is 13.0 Å². The topological polar surface area (TPSA) is 71.0 Å². The van der Waals surface area contributed by atoms with Gasteiger partial charge in [0.2, 0.25) is 0 Å². The number of fused-ring (bicyclic) bond motifs is 1. The molecule has 0 bridgehead atoms. The number of ether oxygens (including phenoxy) is 2. The van der Waals surface area contributed by atoms with Gasteiger partial charge in [0.25, 0.3) is 0 Å². The van der Waals surface area contributed by atoms with Gasteiger partial charge in [0.15, 0.2) is 0 Å². The summed E-state index contributed by atoms with van der Waals surface area (Å²) >= 11 is 0. The van der Waals surface area contributed by atoms with Crippen LogP contribution in [0, 0.1) is 11.3 Å². The Kier molecular flexibility index (Phi) is 6.39. The van der Waals surface area contributed by atoms with Crippen molar-refractivity contribution in [2.45, 2.75) is 78.2 Å². The number of carbonyl (C=O) groups excluding carboxylic acids is 1. The zero-order valence-corrected chi connectivity index (χ0v) is 16.7. The minimum Gasteiger partial charge on any atom is -0.444 e. The molecule has 0 aromatic heterocycles. The molecule has 2 N–H and O–H groups in total. The summed E-state index contributed by atoms with van der Waals surface area (Å²) in [5, 5.41) is 13.3. The molecule has 1 amide bonds. The molecule has 0 spiro atoms. The second-order valence-corrected chi connectivity index (χ2v) is 9.13. The molecular formula is C19H36N2O4. The molecule has 2 rings (SSSR count). The van der Waals surface area contributed by atoms with E-state index in [0.29, 0.717) is 31.2 Å². The highest BCUT2D eigenvalue weighted by atomic mass is 16.6. The molecule has 146 valence electrons. The second-order valence-electron chi connectivity index (χ2n) is 9.13. The van der Waals surface area contributed by atoms with Gasteiger partial charge in [0.1, 0.15) is 5.60 Å². The molecular weight excluding hydrogens is 320 g/mol. The highest BCUT2D eigenvalue weighted by molar-refractivity contribution is 5.68. The Labute approximate surface area is 152 Å². The van der Waals surface area contributed by atoms with E-state index >= 15 is 0 Å². The van der Waals surface area contributed by atoms with E-state index in [2.05, 4.69) is 19.2 Å². The normalized spacial score (nSPS) is 29.3. The van der Waals surface area contributed by atoms with Gasteiger partial charge in [0, 0.05) is 43.6 Å². The molecule has 1 aliphatic heterocycles. The lowest BCUT2D eigenvalue weighted by molar-refractivity contribution is -0.192. The smallest absolute Gasteiger partial charge is 0.410 e. The molecule has 2 aliphatic rings. The fourth-order valence-electron chi connectivity index (χ4n) is 4.19. The monoisotopic (exact) mass is 356 g/mol. The lowest BCUT2D eigenvalue weighted by atomic mass is 9.55. The van der Waals surface area contributed by atoms with Gasteiger partial charge in [-0.1, -0.05) is 13.8 Å². The molecule has 1 aliphatic carbocycles. The summed E-state index contributed by atoms with van der Waals surface area (Å²) in [4.78, 5) is 13.9. The van der Waals surface area contributed by atoms with E-state index in [1.54, 1.807) is 11.8 Å². The van der Waals surface area contributed by atoms with Crippen LogP contribution in [0.1, 0.15) is 54.4 Å². The standard InChI is InChI=1S/C19H36N2O4/c1-13(22)12-21(17(23)25-18(2,3)4)10-9-20-15-14-8-7-11-24-16(14)19(15,5)6/h13-16,20,22H,7-12H2,1-6H3. The predicted molar refractivity (Wildman–Crippen MR) is 97.5 cm³/mol. The lowest BCUT2D eigenvalue weighted by Crippen LogP contribution is -2.69. The van der Waals surface area contributed by atoms with E-state index < -0.39 is 11.7 Å². The molecule has 4 unspecified atom stereocenters. The predicted octanol–water partition coefficient (Wildman–Crippen LogP) is 2.40. The quantitative estimate of drug-likeness (QED) is 0.765. The van der Waals surface area contributed by atoms with E-state index in [1.165, 1.54) is 6.42 Å². The van der Waals surface area contributed by atoms with Crippen LogP contribution in [0.25, 0.3) is 0 Å². The van der Waals surface area contributed by atoms with Gasteiger partial charge in [-0.15, -0.1) is 0 Å². The van der Waals surface area contributed by atoms with Crippen LogP contribution in [0.2, 0.25) is 0 Å². The minimum absolute atomic E-state index is 0.117. The van der Waals surface area contributed by atoms with Gasteiger partial charge in [-0.25, -0.2) is 4.79 Å². The van der Waals surface area contributed by atoms with E-state index in [4.69, 9.17) is 9.47 Å². The first kappa shape index (κ1) is 20.5. The first-order valence-corrected chi connectivity index (χ1v) is 9.53. The maximum absolute atomic E-state index is 12.4. The molecule has 2 fully saturated rings. The third kappa shape index (κ3) is 5.08. The van der Waals surface area contributed by atoms with Gasteiger partial charge in [0.05, 0.1) is 12.2 Å². The first-order valence-electron chi connectivity index (χ1n) is 9.53. The highest BCUT2D eigenvalue weighted by Gasteiger charge is 2.57. The van der Waals surface area contributed by atoms with Crippen LogP contribution in [0.5, 0.6) is 0 Å². The number of aliphatic hydroxyl groups excluding tert-OH is 1. The third-order valence-electron chi connectivity index (χ3n) is 5.21. The van der Waals surface area contributed by atoms with Crippen molar-refractivity contribution in [2.24, 2.45) is 11.3 Å². The van der Waals surface area contributed by atoms with Crippen molar-refractivity contribution < 1.29 is 19.4 Å². The molecule has 1 heterocycles. The van der Waals surface area contributed by atoms with Gasteiger partial charge >= 0.3 is 6.09 Å². The van der Waals surface area contributed by atoms with Gasteiger partial charge in [-0.2, -0.15) is 0 Å². The Morgan fingerprint density at radius 1 is 1.44 bits per heavy atom. The molecule has 4 atom stereocenters. The Morgan fingerprint density at radius 2 is 2.12 bits per heavy atom. The summed E-state index contributed by atoms with van der Waals surface area (Å²) in [5.74, 6) is 0.565. The third-order valence-corrected chi connectivity index (χ3v) is 5.21. The summed E-state index contributed by atoms with van der Waals surface area (Å²) in [6.45, 7) is 14.1. The van der Waals surface area contributed by atoms with Crippen LogP contribution in [-0.4, -0.2) is 66.2 Å². The number of hydrogen-bond donors (Lipinski definition) is 2. The van der Waals surface area contributed by atoms with E-state index in [1.807, 2.05) is 20.8 Å². The fraction of sp³-hybridized carbons (Fsp3) is 0.947. The second kappa shape index (κ2) is 7.80. The molecule has 6 heteroatoms. The van der Waals surface area contributed by atoms with Crippen molar-refractivity contribution in [2.75, 3.05) is 26.2 Å². The molecule has 0 aromatic carbocycles. The number of aliphatic hydroxyl groups is 1. The van der Waals surface area contributed by atoms with Gasteiger partial charge < -0.3 is 24.8 Å². The summed E-state index contributed by atoms with van der Waals surface area (Å²) in [6, 6.07) is 0.407. The van der Waals surface area contributed by atoms with Crippen molar-refractivity contribution in [3.63, 3.8) is 0 Å². The van der Waals surface area contributed by atoms with Crippen molar-refractivity contribution in [3.8, 4) is 0 Å². The largest absolute Gasteiger partial charge is 0.444 e. The molecule has 6 nitrogen and oxygen atoms in total. The van der Waals surface area contributed by atoms with E-state index in [-0.39, 0.29) is 18.1 Å². The Balaban J connectivity index is 1.87. The maximum Gasteiger partial charge on any atom is 0.410 e. The summed E-state index contributed by atoms with van der Waals surface area (Å²) in [7, 11) is 0. The van der Waals surface area contributed by atoms with Crippen molar-refractivity contribution >= 4 is 6.09 Å². The first-order chi connectivity index (χ1) is 11.5. The molecule has 25 heavy (non-hydrogen) atoms. The number of hydrogen-bond acceptors (Lipinski definition) is 5. The number of nitrogens with zero attached hydrogens (tertiary/aromatic N) is 1. The molecule has 1 saturated heterocycles. The van der Waals surface area contributed by atoms with Crippen LogP contribution in [0.3, 0.4) is 0 Å². The zero-order valence-electron chi connectivity index (χ0n) is 16.7. The number of nitrogens with one attached hydrogen (secondary N) is 1. The number of rotatable bonds is 6. The van der Waals surface area contributed by atoms with Gasteiger partial charge in [-0.05, 0) is 40.5 Å². The Bertz CT molecular complexity index is 459. The average Bonchev–Trinajstić information content (AvgIpc) is 2.48. The molecule has 0 aromatic rings. The SMILES string of the molecule is CC(O)CN(CCNC1C2CCCOC2C1(C)C)C(=O)OC(C)(C)C. The zero-order chi connectivity index (χ0) is 18.8. The Hall–Kier alpha value is -0.850. The maximum atomic E-state index is 12.4. The summed E-state index contributed by atoms with van der Waals surface area (Å²) in [6.07, 6.45) is 1.72. The molecule has 0 radical (unpaired) electrons. The average molecular weight is 357 g/mol.